The van der Waals surface area contributed by atoms with Crippen LogP contribution in [0.4, 0.5) is 38.5 Å². The summed E-state index contributed by atoms with van der Waals surface area (Å²) in [5.41, 5.74) is 8.76. The molecule has 0 saturated carbocycles. The fourth-order valence-electron chi connectivity index (χ4n) is 6.54. The molecule has 0 fully saturated rings. The third kappa shape index (κ3) is 45.0. The van der Waals surface area contributed by atoms with E-state index in [1.807, 2.05) is 19.9 Å². The molecule has 0 bridgehead atoms. The summed E-state index contributed by atoms with van der Waals surface area (Å²) in [6, 6.07) is 35.4. The second-order valence-electron chi connectivity index (χ2n) is 17.7. The number of nitro groups is 5. The van der Waals surface area contributed by atoms with E-state index < -0.39 is 79.4 Å². The van der Waals surface area contributed by atoms with E-state index in [4.69, 9.17) is 57.1 Å². The molecule has 1 atom stereocenters. The summed E-state index contributed by atoms with van der Waals surface area (Å²) < 4.78 is 39.0. The molecule has 6 aromatic rings. The number of rotatable bonds is 20. The number of non-ortho nitro benzene ring substituents is 5. The number of esters is 2. The Morgan fingerprint density at radius 1 is 0.581 bits per heavy atom. The van der Waals surface area contributed by atoms with Gasteiger partial charge in [-0.2, -0.15) is 0 Å². The number of ether oxygens (including phenoxy) is 5. The number of aldehydes is 1. The van der Waals surface area contributed by atoms with Crippen LogP contribution in [0.1, 0.15) is 73.7 Å². The summed E-state index contributed by atoms with van der Waals surface area (Å²) in [7, 11) is 6.14. The van der Waals surface area contributed by atoms with Crippen molar-refractivity contribution in [1.29, 1.82) is 0 Å². The molecule has 105 heavy (non-hydrogen) atoms. The number of carbonyl (C=O) groups excluding carboxylic acids is 3. The minimum Gasteiger partial charge on any atom is -0.870 e. The van der Waals surface area contributed by atoms with Crippen LogP contribution >= 0.6 is 0 Å². The van der Waals surface area contributed by atoms with Crippen LogP contribution in [0.3, 0.4) is 0 Å². The van der Waals surface area contributed by atoms with Crippen molar-refractivity contribution in [2.75, 3.05) is 55.5 Å². The number of halogens is 1. The summed E-state index contributed by atoms with van der Waals surface area (Å²) >= 11 is 0. The van der Waals surface area contributed by atoms with Gasteiger partial charge in [0.15, 0.2) is 17.7 Å². The largest absolute Gasteiger partial charge is 1.00 e. The first-order valence-corrected chi connectivity index (χ1v) is 28.4. The number of aliphatic carboxylic acids is 4. The number of carboxylic acids is 4. The summed E-state index contributed by atoms with van der Waals surface area (Å²) in [6.07, 6.45) is 5.30. The van der Waals surface area contributed by atoms with Crippen molar-refractivity contribution in [1.82, 2.24) is 0 Å². The van der Waals surface area contributed by atoms with Crippen LogP contribution in [0.2, 0.25) is 0 Å². The Morgan fingerprint density at radius 2 is 0.924 bits per heavy atom. The molecule has 7 rings (SSSR count). The monoisotopic (exact) mass is 1490 g/mol. The zero-order valence-electron chi connectivity index (χ0n) is 59.1. The van der Waals surface area contributed by atoms with Gasteiger partial charge < -0.3 is 70.6 Å². The molecule has 1 unspecified atom stereocenters. The molecule has 0 aliphatic carbocycles. The second-order valence-corrected chi connectivity index (χ2v) is 17.7. The Bertz CT molecular complexity index is 3960. The van der Waals surface area contributed by atoms with Gasteiger partial charge in [-0.3, -0.25) is 64.6 Å². The van der Waals surface area contributed by atoms with Gasteiger partial charge in [-0.05, 0) is 64.3 Å². The van der Waals surface area contributed by atoms with Gasteiger partial charge in [-0.25, -0.2) is 29.0 Å². The number of aliphatic hydroxyl groups is 3. The van der Waals surface area contributed by atoms with E-state index in [-0.39, 0.29) is 98.6 Å². The molecule has 0 spiro atoms. The number of cyclic esters (lactones) is 1. The predicted octanol–water partition coefficient (Wildman–Crippen LogP) is 7.37. The van der Waals surface area contributed by atoms with Crippen molar-refractivity contribution in [2.45, 2.75) is 46.6 Å². The second kappa shape index (κ2) is 60.2. The maximum Gasteiger partial charge on any atom is 1.00 e. The summed E-state index contributed by atoms with van der Waals surface area (Å²) in [5, 5.41) is 109. The number of alkyl halides is 1. The van der Waals surface area contributed by atoms with Crippen LogP contribution in [0, 0.1) is 50.6 Å². The van der Waals surface area contributed by atoms with Gasteiger partial charge >= 0.3 is 65.4 Å². The molecular formula is C66H77FN7NaO30. The normalized spacial score (nSPS) is 11.0. The summed E-state index contributed by atoms with van der Waals surface area (Å²) in [5.74, 6) is -6.50. The van der Waals surface area contributed by atoms with E-state index in [2.05, 4.69) is 14.5 Å². The molecule has 37 nitrogen and oxygen atoms in total. The van der Waals surface area contributed by atoms with Crippen molar-refractivity contribution >= 4 is 106 Å². The number of anilines is 1. The Hall–Kier alpha value is -12.6. The zero-order chi connectivity index (χ0) is 80.6. The third-order valence-corrected chi connectivity index (χ3v) is 11.0. The number of methoxy groups -OCH3 is 4. The number of carboxylic acid groups (broad SMARTS) is 4. The van der Waals surface area contributed by atoms with E-state index in [1.54, 1.807) is 56.3 Å². The van der Waals surface area contributed by atoms with Crippen LogP contribution in [0.15, 0.2) is 174 Å². The maximum atomic E-state index is 11.3. The Labute approximate surface area is 621 Å². The van der Waals surface area contributed by atoms with E-state index in [0.717, 1.165) is 25.9 Å². The van der Waals surface area contributed by atoms with Crippen LogP contribution < -0.4 is 35.3 Å². The van der Waals surface area contributed by atoms with Crippen molar-refractivity contribution in [3.8, 4) is 0 Å². The van der Waals surface area contributed by atoms with Gasteiger partial charge in [0.2, 0.25) is 17.3 Å². The molecule has 6 aromatic carbocycles. The average molecular weight is 1490 g/mol. The Balaban J connectivity index is -0.000000273. The Morgan fingerprint density at radius 3 is 1.22 bits per heavy atom. The molecule has 1 aliphatic rings. The number of hydrogen-bond acceptors (Lipinski definition) is 28. The van der Waals surface area contributed by atoms with Crippen molar-refractivity contribution in [3.63, 3.8) is 0 Å². The molecule has 564 valence electrons. The van der Waals surface area contributed by atoms with E-state index in [9.17, 15) is 88.5 Å². The van der Waals surface area contributed by atoms with Gasteiger partial charge in [0.05, 0.1) is 54.5 Å². The van der Waals surface area contributed by atoms with Gasteiger partial charge in [-0.1, -0.05) is 93.6 Å². The van der Waals surface area contributed by atoms with Gasteiger partial charge in [-0.15, -0.1) is 0 Å². The van der Waals surface area contributed by atoms with Crippen LogP contribution in [0.25, 0.3) is 24.3 Å². The van der Waals surface area contributed by atoms with E-state index >= 15 is 0 Å². The topological polar surface area (TPSA) is 591 Å². The first-order chi connectivity index (χ1) is 49.2. The van der Waals surface area contributed by atoms with Crippen LogP contribution in [-0.2, 0) is 58.9 Å². The van der Waals surface area contributed by atoms with Crippen molar-refractivity contribution < 1.29 is 158 Å². The molecule has 0 saturated heterocycles. The predicted molar refractivity (Wildman–Crippen MR) is 373 cm³/mol. The number of benzene rings is 6. The molecular weight excluding hydrogens is 1410 g/mol. The number of hydrogen-bond donors (Lipinski definition) is 8. The van der Waals surface area contributed by atoms with Crippen molar-refractivity contribution in [3.05, 3.63) is 253 Å². The van der Waals surface area contributed by atoms with Crippen LogP contribution in [-0.4, -0.2) is 170 Å². The maximum absolute atomic E-state index is 11.3. The minimum absolute atomic E-state index is 0. The number of nitrogens with zero attached hydrogens (tertiary/aromatic N) is 6. The number of carbonyl (C=O) groups is 7. The molecule has 39 heteroatoms. The number of nitrogens with two attached hydrogens (primary N) is 1. The summed E-state index contributed by atoms with van der Waals surface area (Å²) in [4.78, 5) is 127. The average Bonchev–Trinajstić information content (AvgIpc) is 1.69. The first-order valence-electron chi connectivity index (χ1n) is 29.2. The molecule has 1 aliphatic heterocycles. The van der Waals surface area contributed by atoms with Crippen molar-refractivity contribution in [2.24, 2.45) is 4.99 Å². The minimum atomic E-state index is -1.48. The van der Waals surface area contributed by atoms with E-state index in [1.165, 1.54) is 144 Å². The summed E-state index contributed by atoms with van der Waals surface area (Å²) in [6.45, 7) is 7.16. The molecule has 0 amide bonds. The van der Waals surface area contributed by atoms with Gasteiger partial charge in [0.1, 0.15) is 6.29 Å². The van der Waals surface area contributed by atoms with Gasteiger partial charge in [0.25, 0.3) is 28.4 Å². The van der Waals surface area contributed by atoms with E-state index in [0.29, 0.717) is 40.6 Å². The molecule has 0 radical (unpaired) electrons. The molecule has 10 N–H and O–H groups in total. The third-order valence-electron chi connectivity index (χ3n) is 11.0. The fourth-order valence-corrected chi connectivity index (χ4v) is 6.54. The fraction of sp³-hybridized carbons (Fsp3) is 0.212. The van der Waals surface area contributed by atoms with Gasteiger partial charge in [0, 0.05) is 113 Å². The molecule has 1 heterocycles. The zero-order valence-corrected chi connectivity index (χ0v) is 60.1. The Kier molecular flexibility index (Phi) is 57.9. The smallest absolute Gasteiger partial charge is 0.870 e. The first kappa shape index (κ1) is 101. The quantitative estimate of drug-likeness (QED) is 0.00540. The molecule has 0 aromatic heterocycles. The number of aliphatic imine (C=N–C) groups is 1. The number of nitrogen functional groups attached to an aromatic ring is 1. The number of aliphatic hydroxyl groups excluding tert-OH is 3. The standard InChI is InChI=1S/C11H8N2O4.C11H11NO5.C10H9NO5.C10H13NO3.C9H7NO5.C7H5NO3.C3H6O2.C2H6.CH3F.2CH4O.Na.H2O/c1-7-12-10(11(14)17-7)6-8-3-2-4-9(5-8)13(15)16;1-16-10(11(13)17-2)7-8-4-3-5-9(6-8)12(14)15;1-16-9(10(12)13)6-7-3-2-4-8(5-7)11(14)15;1-14-9(10(12)13)6-7-3-2-4-8(11)5-7;11-8(9(12)13)5-6-2-1-3-7(4-6)10(14)15;9-5-6-2-1-3-7(4-6)8(10)11;1-2-3(4)5;4*1-2;;/h2-6H,1H3;3-7H,1-2H3;2-6H,1H3,(H,12,13);2-5,9H,6,11H2,1H3,(H,12,13);1-5,11H,(H,12,13);1-5H;2H2,1H3,(H,4,5);1-2H3;1H3;2*2H,1H3;;1H2/q;;;;;;;;;;;+1;/p-1/b10-6-;10-7-;9-6-;;8-5-;;;;;;;;/i;;;;;;;;1D;;;;. The SMILES string of the molecule is CC.CC1=N/C(=C\c2cccc([N+](=O)[O-])c2)C(=O)O1.CCC(=O)O.CO.CO.CO/C(=C\c1cccc([N+](=O)[O-])c1)C(=O)O.COC(=O)/C(=C/c1cccc([N+](=O)[O-])c1)OC.COC(Cc1cccc(N)c1)C(=O)O.O=C(O)/C(O)=C/c1cccc([N+](=O)[O-])c1.O=Cc1cccc([N+](=O)[O-])c1.[2H]CF.[Na+].[OH-]. The van der Waals surface area contributed by atoms with Crippen LogP contribution in [0.5, 0.6) is 0 Å². The number of nitro benzene ring substituents is 5.